The lowest BCUT2D eigenvalue weighted by molar-refractivity contribution is 0.102. The molecule has 0 saturated heterocycles. The number of hydrogen-bond donors (Lipinski definition) is 1. The van der Waals surface area contributed by atoms with Gasteiger partial charge in [-0.3, -0.25) is 4.79 Å². The molecule has 0 fully saturated rings. The van der Waals surface area contributed by atoms with E-state index < -0.39 is 0 Å². The molecule has 0 radical (unpaired) electrons. The molecule has 4 aromatic rings. The Bertz CT molecular complexity index is 1070. The van der Waals surface area contributed by atoms with Crippen LogP contribution in [0.5, 0.6) is 0 Å². The maximum absolute atomic E-state index is 12.6. The van der Waals surface area contributed by atoms with Crippen LogP contribution in [0.1, 0.15) is 21.8 Å². The fourth-order valence-electron chi connectivity index (χ4n) is 2.62. The van der Waals surface area contributed by atoms with Gasteiger partial charge >= 0.3 is 0 Å². The summed E-state index contributed by atoms with van der Waals surface area (Å²) in [5.74, 6) is 1.22. The Kier molecular flexibility index (Phi) is 5.01. The number of anilines is 1. The summed E-state index contributed by atoms with van der Waals surface area (Å²) in [6.07, 6.45) is 1.96. The minimum atomic E-state index is -0.164. The molecular formula is C20H14IN3O3. The van der Waals surface area contributed by atoms with Crippen LogP contribution in [0.25, 0.3) is 11.6 Å². The molecule has 0 aliphatic rings. The van der Waals surface area contributed by atoms with Gasteiger partial charge in [0.2, 0.25) is 11.7 Å². The van der Waals surface area contributed by atoms with Crippen LogP contribution in [-0.2, 0) is 6.42 Å². The first-order valence-corrected chi connectivity index (χ1v) is 9.28. The highest BCUT2D eigenvalue weighted by atomic mass is 127. The highest BCUT2D eigenvalue weighted by Gasteiger charge is 2.14. The Hall–Kier alpha value is -2.94. The third kappa shape index (κ3) is 4.08. The van der Waals surface area contributed by atoms with E-state index in [1.807, 2.05) is 42.5 Å². The molecule has 7 heteroatoms. The molecule has 2 heterocycles. The second-order valence-corrected chi connectivity index (χ2v) is 7.03. The summed E-state index contributed by atoms with van der Waals surface area (Å²) in [5.41, 5.74) is 2.19. The number of carbonyl (C=O) groups is 1. The van der Waals surface area contributed by atoms with Crippen molar-refractivity contribution < 1.29 is 13.7 Å². The number of amides is 1. The van der Waals surface area contributed by atoms with E-state index >= 15 is 0 Å². The van der Waals surface area contributed by atoms with Crippen LogP contribution in [0, 0.1) is 3.57 Å². The van der Waals surface area contributed by atoms with Crippen LogP contribution >= 0.6 is 22.6 Å². The molecule has 0 saturated carbocycles. The first kappa shape index (κ1) is 17.5. The summed E-state index contributed by atoms with van der Waals surface area (Å²) in [4.78, 5) is 16.9. The van der Waals surface area contributed by atoms with Crippen LogP contribution in [0.3, 0.4) is 0 Å². The largest absolute Gasteiger partial charge is 0.461 e. The van der Waals surface area contributed by atoms with E-state index in [1.54, 1.807) is 24.5 Å². The van der Waals surface area contributed by atoms with Gasteiger partial charge in [-0.2, -0.15) is 4.98 Å². The fourth-order valence-corrected chi connectivity index (χ4v) is 3.16. The Balaban J connectivity index is 1.54. The Labute approximate surface area is 168 Å². The first-order valence-electron chi connectivity index (χ1n) is 8.20. The van der Waals surface area contributed by atoms with Crippen molar-refractivity contribution >= 4 is 34.2 Å². The van der Waals surface area contributed by atoms with Crippen molar-refractivity contribution in [2.24, 2.45) is 0 Å². The van der Waals surface area contributed by atoms with Gasteiger partial charge in [-0.25, -0.2) is 0 Å². The lowest BCUT2D eigenvalue weighted by Gasteiger charge is -2.10. The van der Waals surface area contributed by atoms with Gasteiger partial charge in [0.15, 0.2) is 5.76 Å². The molecule has 6 nitrogen and oxygen atoms in total. The van der Waals surface area contributed by atoms with Crippen molar-refractivity contribution in [2.75, 3.05) is 5.32 Å². The lowest BCUT2D eigenvalue weighted by Crippen LogP contribution is -2.13. The standard InChI is InChI=1S/C20H14IN3O3/c21-15-7-3-6-14(11-15)20(25)22-16-8-2-1-5-13(16)12-18-23-19(24-27-18)17-9-4-10-26-17/h1-11H,12H2,(H,22,25). The van der Waals surface area contributed by atoms with Gasteiger partial charge in [0, 0.05) is 14.8 Å². The van der Waals surface area contributed by atoms with Gasteiger partial charge in [0.1, 0.15) is 0 Å². The van der Waals surface area contributed by atoms with Crippen molar-refractivity contribution in [3.05, 3.63) is 87.5 Å². The van der Waals surface area contributed by atoms with Crippen molar-refractivity contribution in [3.8, 4) is 11.6 Å². The van der Waals surface area contributed by atoms with Crippen LogP contribution in [-0.4, -0.2) is 16.0 Å². The second kappa shape index (κ2) is 7.75. The Morgan fingerprint density at radius 2 is 1.96 bits per heavy atom. The maximum atomic E-state index is 12.6. The molecule has 0 aliphatic carbocycles. The molecule has 2 aromatic heterocycles. The van der Waals surface area contributed by atoms with Crippen LogP contribution < -0.4 is 5.32 Å². The lowest BCUT2D eigenvalue weighted by atomic mass is 10.1. The molecule has 2 aromatic carbocycles. The zero-order chi connectivity index (χ0) is 18.6. The third-order valence-corrected chi connectivity index (χ3v) is 4.57. The van der Waals surface area contributed by atoms with E-state index in [0.717, 1.165) is 9.13 Å². The van der Waals surface area contributed by atoms with Crippen molar-refractivity contribution in [3.63, 3.8) is 0 Å². The highest BCUT2D eigenvalue weighted by molar-refractivity contribution is 14.1. The quantitative estimate of drug-likeness (QED) is 0.424. The second-order valence-electron chi connectivity index (χ2n) is 5.79. The molecule has 0 atom stereocenters. The Morgan fingerprint density at radius 1 is 1.07 bits per heavy atom. The number of aromatic nitrogens is 2. The number of nitrogens with one attached hydrogen (secondary N) is 1. The summed E-state index contributed by atoms with van der Waals surface area (Å²) in [7, 11) is 0. The number of halogens is 1. The van der Waals surface area contributed by atoms with E-state index in [-0.39, 0.29) is 5.91 Å². The molecule has 0 unspecified atom stereocenters. The predicted octanol–water partition coefficient (Wildman–Crippen LogP) is 4.78. The van der Waals surface area contributed by atoms with E-state index in [4.69, 9.17) is 8.94 Å². The van der Waals surface area contributed by atoms with E-state index in [9.17, 15) is 4.79 Å². The average molecular weight is 471 g/mol. The number of furan rings is 1. The molecule has 27 heavy (non-hydrogen) atoms. The fraction of sp³-hybridized carbons (Fsp3) is 0.0500. The molecule has 0 spiro atoms. The number of nitrogens with zero attached hydrogens (tertiary/aromatic N) is 2. The van der Waals surface area contributed by atoms with Gasteiger partial charge < -0.3 is 14.3 Å². The molecule has 1 amide bonds. The SMILES string of the molecule is O=C(Nc1ccccc1Cc1nc(-c2ccco2)no1)c1cccc(I)c1. The molecule has 1 N–H and O–H groups in total. The summed E-state index contributed by atoms with van der Waals surface area (Å²) in [5, 5.41) is 6.89. The number of para-hydroxylation sites is 1. The predicted molar refractivity (Wildman–Crippen MR) is 108 cm³/mol. The molecule has 0 aliphatic heterocycles. The summed E-state index contributed by atoms with van der Waals surface area (Å²) in [6.45, 7) is 0. The smallest absolute Gasteiger partial charge is 0.255 e. The average Bonchev–Trinajstić information content (AvgIpc) is 3.35. The minimum Gasteiger partial charge on any atom is -0.461 e. The molecule has 134 valence electrons. The van der Waals surface area contributed by atoms with Crippen molar-refractivity contribution in [1.29, 1.82) is 0 Å². The van der Waals surface area contributed by atoms with Gasteiger partial charge in [-0.15, -0.1) is 0 Å². The topological polar surface area (TPSA) is 81.2 Å². The van der Waals surface area contributed by atoms with Gasteiger partial charge in [0.05, 0.1) is 12.7 Å². The minimum absolute atomic E-state index is 0.164. The number of carbonyl (C=O) groups excluding carboxylic acids is 1. The van der Waals surface area contributed by atoms with Crippen LogP contribution in [0.2, 0.25) is 0 Å². The monoisotopic (exact) mass is 471 g/mol. The van der Waals surface area contributed by atoms with Crippen molar-refractivity contribution in [1.82, 2.24) is 10.1 Å². The van der Waals surface area contributed by atoms with E-state index in [1.165, 1.54) is 0 Å². The van der Waals surface area contributed by atoms with E-state index in [0.29, 0.717) is 35.1 Å². The van der Waals surface area contributed by atoms with E-state index in [2.05, 4.69) is 38.0 Å². The molecule has 0 bridgehead atoms. The summed E-state index contributed by atoms with van der Waals surface area (Å²) >= 11 is 2.18. The number of hydrogen-bond acceptors (Lipinski definition) is 5. The van der Waals surface area contributed by atoms with Crippen LogP contribution in [0.15, 0.2) is 75.9 Å². The maximum Gasteiger partial charge on any atom is 0.255 e. The number of benzene rings is 2. The zero-order valence-corrected chi connectivity index (χ0v) is 16.2. The third-order valence-electron chi connectivity index (χ3n) is 3.90. The van der Waals surface area contributed by atoms with Gasteiger partial charge in [0.25, 0.3) is 5.91 Å². The number of rotatable bonds is 5. The highest BCUT2D eigenvalue weighted by Crippen LogP contribution is 2.22. The summed E-state index contributed by atoms with van der Waals surface area (Å²) in [6, 6.07) is 18.5. The normalized spacial score (nSPS) is 10.7. The zero-order valence-electron chi connectivity index (χ0n) is 14.1. The van der Waals surface area contributed by atoms with Crippen molar-refractivity contribution in [2.45, 2.75) is 6.42 Å². The van der Waals surface area contributed by atoms with Gasteiger partial charge in [-0.1, -0.05) is 29.4 Å². The Morgan fingerprint density at radius 3 is 2.78 bits per heavy atom. The molecular weight excluding hydrogens is 457 g/mol. The molecule has 4 rings (SSSR count). The van der Waals surface area contributed by atoms with Crippen LogP contribution in [0.4, 0.5) is 5.69 Å². The van der Waals surface area contributed by atoms with Gasteiger partial charge in [-0.05, 0) is 64.6 Å². The first-order chi connectivity index (χ1) is 13.2. The summed E-state index contributed by atoms with van der Waals surface area (Å²) < 4.78 is 11.6.